The number of aryl methyl sites for hydroxylation is 1. The fourth-order valence-corrected chi connectivity index (χ4v) is 2.38. The largest absolute Gasteiger partial charge is 0.493 e. The summed E-state index contributed by atoms with van der Waals surface area (Å²) in [5, 5.41) is 8.33. The zero-order valence-corrected chi connectivity index (χ0v) is 12.7. The summed E-state index contributed by atoms with van der Waals surface area (Å²) in [4.78, 5) is 0. The Hall–Kier alpha value is -1.88. The number of hydrogen-bond donors (Lipinski definition) is 0. The Balaban J connectivity index is 1.69. The zero-order valence-electron chi connectivity index (χ0n) is 11.1. The van der Waals surface area contributed by atoms with Crippen LogP contribution in [0.15, 0.2) is 47.1 Å². The fraction of sp³-hybridized carbons (Fsp3) is 0.200. The van der Waals surface area contributed by atoms with Gasteiger partial charge in [0.2, 0.25) is 0 Å². The molecule has 102 valence electrons. The first-order valence-electron chi connectivity index (χ1n) is 6.41. The smallest absolute Gasteiger partial charge is 0.160 e. The Bertz CT molecular complexity index is 739. The fourth-order valence-electron chi connectivity index (χ4n) is 2.05. The molecule has 0 fully saturated rings. The molecule has 2 heterocycles. The minimum Gasteiger partial charge on any atom is -0.493 e. The molecular weight excluding hydrogens is 318 g/mol. The molecular formula is C15H14BrN3O. The van der Waals surface area contributed by atoms with E-state index < -0.39 is 0 Å². The van der Waals surface area contributed by atoms with E-state index in [2.05, 4.69) is 39.1 Å². The third kappa shape index (κ3) is 2.82. The Kier molecular flexibility index (Phi) is 3.69. The number of nitrogens with zero attached hydrogens (tertiary/aromatic N) is 3. The summed E-state index contributed by atoms with van der Waals surface area (Å²) in [6, 6.07) is 11.9. The van der Waals surface area contributed by atoms with Crippen LogP contribution in [0, 0.1) is 6.92 Å². The lowest BCUT2D eigenvalue weighted by molar-refractivity contribution is 0.318. The molecule has 1 aromatic carbocycles. The third-order valence-electron chi connectivity index (χ3n) is 3.02. The van der Waals surface area contributed by atoms with E-state index in [1.54, 1.807) is 0 Å². The maximum absolute atomic E-state index is 5.75. The summed E-state index contributed by atoms with van der Waals surface area (Å²) >= 11 is 3.46. The topological polar surface area (TPSA) is 39.4 Å². The molecule has 0 aliphatic carbocycles. The maximum atomic E-state index is 5.75. The Morgan fingerprint density at radius 3 is 2.95 bits per heavy atom. The van der Waals surface area contributed by atoms with Gasteiger partial charge < -0.3 is 4.74 Å². The molecule has 4 nitrogen and oxygen atoms in total. The quantitative estimate of drug-likeness (QED) is 0.735. The highest BCUT2D eigenvalue weighted by Gasteiger charge is 2.05. The number of pyridine rings is 1. The highest BCUT2D eigenvalue weighted by atomic mass is 79.9. The molecule has 20 heavy (non-hydrogen) atoms. The van der Waals surface area contributed by atoms with Crippen molar-refractivity contribution in [1.82, 2.24) is 14.6 Å². The standard InChI is InChI=1S/C15H14BrN3O/c1-11-3-2-4-13(9-11)20-8-7-15-18-17-14-6-5-12(16)10-19(14)15/h2-6,9-10H,7-8H2,1H3. The van der Waals surface area contributed by atoms with Gasteiger partial charge in [-0.2, -0.15) is 0 Å². The van der Waals surface area contributed by atoms with E-state index in [-0.39, 0.29) is 0 Å². The first kappa shape index (κ1) is 13.1. The van der Waals surface area contributed by atoms with Crippen LogP contribution in [-0.2, 0) is 6.42 Å². The van der Waals surface area contributed by atoms with Gasteiger partial charge in [0.15, 0.2) is 5.65 Å². The van der Waals surface area contributed by atoms with Gasteiger partial charge in [0.25, 0.3) is 0 Å². The highest BCUT2D eigenvalue weighted by molar-refractivity contribution is 9.10. The summed E-state index contributed by atoms with van der Waals surface area (Å²) < 4.78 is 8.73. The number of rotatable bonds is 4. The van der Waals surface area contributed by atoms with Gasteiger partial charge in [0.05, 0.1) is 6.61 Å². The molecule has 0 aliphatic heterocycles. The molecule has 0 atom stereocenters. The van der Waals surface area contributed by atoms with Crippen LogP contribution in [0.4, 0.5) is 0 Å². The summed E-state index contributed by atoms with van der Waals surface area (Å²) in [7, 11) is 0. The molecule has 0 bridgehead atoms. The predicted octanol–water partition coefficient (Wildman–Crippen LogP) is 3.42. The van der Waals surface area contributed by atoms with Crippen molar-refractivity contribution in [1.29, 1.82) is 0 Å². The average Bonchev–Trinajstić information content (AvgIpc) is 2.82. The van der Waals surface area contributed by atoms with Crippen molar-refractivity contribution in [3.05, 3.63) is 58.5 Å². The lowest BCUT2D eigenvalue weighted by Crippen LogP contribution is -2.05. The molecule has 0 saturated carbocycles. The average molecular weight is 332 g/mol. The second-order valence-corrected chi connectivity index (χ2v) is 5.52. The molecule has 0 saturated heterocycles. The van der Waals surface area contributed by atoms with Crippen molar-refractivity contribution in [3.63, 3.8) is 0 Å². The van der Waals surface area contributed by atoms with Gasteiger partial charge >= 0.3 is 0 Å². The van der Waals surface area contributed by atoms with Gasteiger partial charge in [-0.25, -0.2) is 0 Å². The van der Waals surface area contributed by atoms with Crippen LogP contribution in [0.2, 0.25) is 0 Å². The van der Waals surface area contributed by atoms with Crippen LogP contribution in [0.5, 0.6) is 5.75 Å². The molecule has 5 heteroatoms. The van der Waals surface area contributed by atoms with Crippen molar-refractivity contribution < 1.29 is 4.74 Å². The third-order valence-corrected chi connectivity index (χ3v) is 3.49. The van der Waals surface area contributed by atoms with Crippen molar-refractivity contribution in [2.24, 2.45) is 0 Å². The zero-order chi connectivity index (χ0) is 13.9. The maximum Gasteiger partial charge on any atom is 0.160 e. The Labute approximate surface area is 125 Å². The summed E-state index contributed by atoms with van der Waals surface area (Å²) in [6.07, 6.45) is 2.68. The van der Waals surface area contributed by atoms with E-state index in [1.807, 2.05) is 40.9 Å². The van der Waals surface area contributed by atoms with E-state index in [0.29, 0.717) is 13.0 Å². The number of benzene rings is 1. The van der Waals surface area contributed by atoms with Crippen LogP contribution in [0.25, 0.3) is 5.65 Å². The van der Waals surface area contributed by atoms with E-state index >= 15 is 0 Å². The van der Waals surface area contributed by atoms with Crippen LogP contribution >= 0.6 is 15.9 Å². The number of ether oxygens (including phenoxy) is 1. The normalized spacial score (nSPS) is 10.9. The van der Waals surface area contributed by atoms with Crippen LogP contribution in [0.3, 0.4) is 0 Å². The Morgan fingerprint density at radius 1 is 1.20 bits per heavy atom. The predicted molar refractivity (Wildman–Crippen MR) is 81.1 cm³/mol. The molecule has 0 aliphatic rings. The van der Waals surface area contributed by atoms with Gasteiger partial charge in [-0.3, -0.25) is 4.40 Å². The lowest BCUT2D eigenvalue weighted by atomic mass is 10.2. The summed E-state index contributed by atoms with van der Waals surface area (Å²) in [5.74, 6) is 1.79. The van der Waals surface area contributed by atoms with Gasteiger partial charge in [0.1, 0.15) is 11.6 Å². The van der Waals surface area contributed by atoms with E-state index in [1.165, 1.54) is 5.56 Å². The summed E-state index contributed by atoms with van der Waals surface area (Å²) in [6.45, 7) is 2.63. The second kappa shape index (κ2) is 5.63. The molecule has 2 aromatic heterocycles. The van der Waals surface area contributed by atoms with Crippen molar-refractivity contribution in [2.45, 2.75) is 13.3 Å². The molecule has 3 aromatic rings. The van der Waals surface area contributed by atoms with Crippen molar-refractivity contribution >= 4 is 21.6 Å². The van der Waals surface area contributed by atoms with Crippen LogP contribution in [-0.4, -0.2) is 21.2 Å². The van der Waals surface area contributed by atoms with Crippen LogP contribution < -0.4 is 4.74 Å². The minimum atomic E-state index is 0.580. The minimum absolute atomic E-state index is 0.580. The summed E-state index contributed by atoms with van der Waals surface area (Å²) in [5.41, 5.74) is 2.04. The SMILES string of the molecule is Cc1cccc(OCCc2nnc3ccc(Br)cn23)c1. The monoisotopic (exact) mass is 331 g/mol. The van der Waals surface area contributed by atoms with E-state index in [4.69, 9.17) is 4.74 Å². The number of hydrogen-bond acceptors (Lipinski definition) is 3. The lowest BCUT2D eigenvalue weighted by Gasteiger charge is -2.06. The van der Waals surface area contributed by atoms with Gasteiger partial charge in [-0.15, -0.1) is 10.2 Å². The molecule has 0 N–H and O–H groups in total. The number of fused-ring (bicyclic) bond motifs is 1. The van der Waals surface area contributed by atoms with Crippen molar-refractivity contribution in [3.8, 4) is 5.75 Å². The van der Waals surface area contributed by atoms with Gasteiger partial charge in [-0.1, -0.05) is 12.1 Å². The van der Waals surface area contributed by atoms with Gasteiger partial charge in [0, 0.05) is 17.1 Å². The van der Waals surface area contributed by atoms with Crippen molar-refractivity contribution in [2.75, 3.05) is 6.61 Å². The first-order valence-corrected chi connectivity index (χ1v) is 7.20. The molecule has 0 unspecified atom stereocenters. The second-order valence-electron chi connectivity index (χ2n) is 4.61. The molecule has 0 spiro atoms. The highest BCUT2D eigenvalue weighted by Crippen LogP contribution is 2.14. The molecule has 3 rings (SSSR count). The van der Waals surface area contributed by atoms with Gasteiger partial charge in [-0.05, 0) is 52.7 Å². The molecule has 0 amide bonds. The number of halogens is 1. The van der Waals surface area contributed by atoms with Crippen LogP contribution in [0.1, 0.15) is 11.4 Å². The first-order chi connectivity index (χ1) is 9.72. The van der Waals surface area contributed by atoms with E-state index in [9.17, 15) is 0 Å². The van der Waals surface area contributed by atoms with E-state index in [0.717, 1.165) is 21.7 Å². The Morgan fingerprint density at radius 2 is 2.10 bits per heavy atom. The molecule has 0 radical (unpaired) electrons. The number of aromatic nitrogens is 3.